The fourth-order valence-corrected chi connectivity index (χ4v) is 4.79. The number of nitrogens with zero attached hydrogens (tertiary/aromatic N) is 1. The topological polar surface area (TPSA) is 29.5 Å². The Hall–Kier alpha value is -1.46. The van der Waals surface area contributed by atoms with Crippen molar-refractivity contribution in [1.29, 1.82) is 0 Å². The summed E-state index contributed by atoms with van der Waals surface area (Å²) in [4.78, 5) is 14.4. The van der Waals surface area contributed by atoms with Gasteiger partial charge in [0.05, 0.1) is 12.4 Å². The number of thioether (sulfide) groups is 1. The Balaban J connectivity index is 1.55. The van der Waals surface area contributed by atoms with Gasteiger partial charge < -0.3 is 4.74 Å². The lowest BCUT2D eigenvalue weighted by Crippen LogP contribution is -2.27. The Bertz CT molecular complexity index is 748. The van der Waals surface area contributed by atoms with Crippen LogP contribution in [0.3, 0.4) is 0 Å². The number of hydrogen-bond acceptors (Lipinski definition) is 3. The maximum Gasteiger partial charge on any atom is 0.238 e. The predicted molar refractivity (Wildman–Crippen MR) is 122 cm³/mol. The SMILES string of the molecule is CCCCCCCCOc1ccc(N2C(=O)CSC2c2ccc(Br)cc2)cc1. The number of amides is 1. The molecule has 3 rings (SSSR count). The van der Waals surface area contributed by atoms with Gasteiger partial charge in [0, 0.05) is 10.2 Å². The first kappa shape index (κ1) is 21.3. The van der Waals surface area contributed by atoms with Crippen LogP contribution < -0.4 is 9.64 Å². The van der Waals surface area contributed by atoms with E-state index < -0.39 is 0 Å². The first-order valence-electron chi connectivity index (χ1n) is 10.1. The predicted octanol–water partition coefficient (Wildman–Crippen LogP) is 6.97. The lowest BCUT2D eigenvalue weighted by Gasteiger charge is -2.24. The lowest BCUT2D eigenvalue weighted by molar-refractivity contribution is -0.115. The molecule has 1 saturated heterocycles. The molecule has 28 heavy (non-hydrogen) atoms. The van der Waals surface area contributed by atoms with Crippen LogP contribution in [0.5, 0.6) is 5.75 Å². The highest BCUT2D eigenvalue weighted by molar-refractivity contribution is 9.10. The molecule has 0 aliphatic carbocycles. The van der Waals surface area contributed by atoms with Gasteiger partial charge in [-0.2, -0.15) is 0 Å². The van der Waals surface area contributed by atoms with Crippen molar-refractivity contribution in [3.8, 4) is 5.75 Å². The molecule has 150 valence electrons. The number of unbranched alkanes of at least 4 members (excludes halogenated alkanes) is 5. The standard InChI is InChI=1S/C23H28BrNO2S/c1-2-3-4-5-6-7-16-27-21-14-12-20(13-15-21)25-22(26)17-28-23(25)18-8-10-19(24)11-9-18/h8-15,23H,2-7,16-17H2,1H3. The summed E-state index contributed by atoms with van der Waals surface area (Å²) in [6.45, 7) is 2.99. The first-order valence-corrected chi connectivity index (χ1v) is 11.9. The molecule has 1 aliphatic rings. The third-order valence-corrected chi connectivity index (χ3v) is 6.65. The molecule has 0 N–H and O–H groups in total. The van der Waals surface area contributed by atoms with E-state index in [2.05, 4.69) is 35.0 Å². The van der Waals surface area contributed by atoms with Crippen molar-refractivity contribution in [3.63, 3.8) is 0 Å². The van der Waals surface area contributed by atoms with E-state index in [-0.39, 0.29) is 11.3 Å². The number of rotatable bonds is 10. The molecule has 0 spiro atoms. The molecule has 5 heteroatoms. The quantitative estimate of drug-likeness (QED) is 0.357. The molecule has 1 amide bonds. The summed E-state index contributed by atoms with van der Waals surface area (Å²) in [6.07, 6.45) is 7.56. The molecule has 1 fully saturated rings. The molecular formula is C23H28BrNO2S. The zero-order chi connectivity index (χ0) is 19.8. The summed E-state index contributed by atoms with van der Waals surface area (Å²) in [5, 5.41) is 0.0236. The van der Waals surface area contributed by atoms with Gasteiger partial charge in [0.1, 0.15) is 11.1 Å². The van der Waals surface area contributed by atoms with Crippen LogP contribution in [0.15, 0.2) is 53.0 Å². The van der Waals surface area contributed by atoms with Gasteiger partial charge in [0.2, 0.25) is 5.91 Å². The first-order chi connectivity index (χ1) is 13.7. The summed E-state index contributed by atoms with van der Waals surface area (Å²) in [5.74, 6) is 1.53. The Morgan fingerprint density at radius 3 is 2.39 bits per heavy atom. The Kier molecular flexibility index (Phi) is 8.28. The summed E-state index contributed by atoms with van der Waals surface area (Å²) >= 11 is 5.15. The van der Waals surface area contributed by atoms with Crippen molar-refractivity contribution in [2.75, 3.05) is 17.3 Å². The molecule has 0 saturated carbocycles. The molecule has 0 bridgehead atoms. The molecule has 1 aliphatic heterocycles. The molecular weight excluding hydrogens is 434 g/mol. The third kappa shape index (κ3) is 5.77. The third-order valence-electron chi connectivity index (χ3n) is 4.90. The van der Waals surface area contributed by atoms with E-state index in [0.29, 0.717) is 5.75 Å². The molecule has 1 atom stereocenters. The minimum atomic E-state index is 0.0236. The number of carbonyl (C=O) groups excluding carboxylic acids is 1. The number of hydrogen-bond donors (Lipinski definition) is 0. The summed E-state index contributed by atoms with van der Waals surface area (Å²) in [5.41, 5.74) is 2.07. The summed E-state index contributed by atoms with van der Waals surface area (Å²) in [7, 11) is 0. The van der Waals surface area contributed by atoms with E-state index >= 15 is 0 Å². The minimum absolute atomic E-state index is 0.0236. The van der Waals surface area contributed by atoms with Gasteiger partial charge in [-0.1, -0.05) is 67.1 Å². The monoisotopic (exact) mass is 461 g/mol. The second-order valence-electron chi connectivity index (χ2n) is 7.09. The Labute approximate surface area is 181 Å². The van der Waals surface area contributed by atoms with E-state index in [1.807, 2.05) is 41.3 Å². The van der Waals surface area contributed by atoms with Crippen LogP contribution in [0.2, 0.25) is 0 Å². The molecule has 2 aromatic carbocycles. The lowest BCUT2D eigenvalue weighted by atomic mass is 10.1. The number of halogens is 1. The highest BCUT2D eigenvalue weighted by Gasteiger charge is 2.33. The molecule has 2 aromatic rings. The number of ether oxygens (including phenoxy) is 1. The number of anilines is 1. The van der Waals surface area contributed by atoms with Crippen molar-refractivity contribution < 1.29 is 9.53 Å². The fraction of sp³-hybridized carbons (Fsp3) is 0.435. The largest absolute Gasteiger partial charge is 0.494 e. The van der Waals surface area contributed by atoms with E-state index in [1.165, 1.54) is 32.1 Å². The van der Waals surface area contributed by atoms with Gasteiger partial charge in [-0.3, -0.25) is 9.69 Å². The molecule has 0 radical (unpaired) electrons. The minimum Gasteiger partial charge on any atom is -0.494 e. The fourth-order valence-electron chi connectivity index (χ4n) is 3.35. The molecule has 0 aromatic heterocycles. The Morgan fingerprint density at radius 1 is 1.00 bits per heavy atom. The molecule has 1 heterocycles. The van der Waals surface area contributed by atoms with Gasteiger partial charge in [0.15, 0.2) is 0 Å². The van der Waals surface area contributed by atoms with Crippen molar-refractivity contribution in [2.45, 2.75) is 50.8 Å². The second-order valence-corrected chi connectivity index (χ2v) is 9.07. The van der Waals surface area contributed by atoms with Gasteiger partial charge >= 0.3 is 0 Å². The van der Waals surface area contributed by atoms with Crippen LogP contribution in [0.1, 0.15) is 56.4 Å². The van der Waals surface area contributed by atoms with Gasteiger partial charge in [0.25, 0.3) is 0 Å². The summed E-state index contributed by atoms with van der Waals surface area (Å²) < 4.78 is 6.91. The van der Waals surface area contributed by atoms with Crippen molar-refractivity contribution >= 4 is 39.3 Å². The van der Waals surface area contributed by atoms with Crippen molar-refractivity contribution in [2.24, 2.45) is 0 Å². The van der Waals surface area contributed by atoms with E-state index in [9.17, 15) is 4.79 Å². The van der Waals surface area contributed by atoms with Crippen LogP contribution in [0, 0.1) is 0 Å². The average Bonchev–Trinajstić information content (AvgIpc) is 3.10. The average molecular weight is 462 g/mol. The highest BCUT2D eigenvalue weighted by atomic mass is 79.9. The van der Waals surface area contributed by atoms with E-state index in [1.54, 1.807) is 11.8 Å². The van der Waals surface area contributed by atoms with Gasteiger partial charge in [-0.15, -0.1) is 11.8 Å². The maximum atomic E-state index is 12.5. The van der Waals surface area contributed by atoms with Gasteiger partial charge in [-0.25, -0.2) is 0 Å². The normalized spacial score (nSPS) is 16.6. The Morgan fingerprint density at radius 2 is 1.68 bits per heavy atom. The molecule has 3 nitrogen and oxygen atoms in total. The zero-order valence-electron chi connectivity index (χ0n) is 16.4. The molecule has 1 unspecified atom stereocenters. The van der Waals surface area contributed by atoms with Crippen LogP contribution in [0.4, 0.5) is 5.69 Å². The highest BCUT2D eigenvalue weighted by Crippen LogP contribution is 2.42. The number of benzene rings is 2. The van der Waals surface area contributed by atoms with Crippen molar-refractivity contribution in [1.82, 2.24) is 0 Å². The van der Waals surface area contributed by atoms with E-state index in [4.69, 9.17) is 4.74 Å². The van der Waals surface area contributed by atoms with Crippen LogP contribution in [-0.2, 0) is 4.79 Å². The van der Waals surface area contributed by atoms with Crippen molar-refractivity contribution in [3.05, 3.63) is 58.6 Å². The number of carbonyl (C=O) groups is 1. The maximum absolute atomic E-state index is 12.5. The second kappa shape index (κ2) is 10.9. The summed E-state index contributed by atoms with van der Waals surface area (Å²) in [6, 6.07) is 16.1. The van der Waals surface area contributed by atoms with E-state index in [0.717, 1.165) is 34.5 Å². The van der Waals surface area contributed by atoms with Gasteiger partial charge in [-0.05, 0) is 48.4 Å². The zero-order valence-corrected chi connectivity index (χ0v) is 18.8. The van der Waals surface area contributed by atoms with Crippen LogP contribution >= 0.6 is 27.7 Å². The van der Waals surface area contributed by atoms with Crippen LogP contribution in [0.25, 0.3) is 0 Å². The van der Waals surface area contributed by atoms with Crippen LogP contribution in [-0.4, -0.2) is 18.3 Å². The smallest absolute Gasteiger partial charge is 0.238 e.